The van der Waals surface area contributed by atoms with Gasteiger partial charge in [-0.2, -0.15) is 13.2 Å². The van der Waals surface area contributed by atoms with Crippen LogP contribution >= 0.6 is 47.8 Å². The molecule has 0 bridgehead atoms. The summed E-state index contributed by atoms with van der Waals surface area (Å²) in [4.78, 5) is 11.0. The average molecular weight is 531 g/mol. The van der Waals surface area contributed by atoms with Crippen molar-refractivity contribution in [2.75, 3.05) is 10.6 Å². The Balaban J connectivity index is 2.09. The third-order valence-corrected chi connectivity index (χ3v) is 4.63. The molecule has 0 radical (unpaired) electrons. The number of carbonyl (C=O) groups excluding carboxylic acids is 1. The van der Waals surface area contributed by atoms with Crippen molar-refractivity contribution in [3.63, 3.8) is 0 Å². The Labute approximate surface area is 161 Å². The lowest BCUT2D eigenvalue weighted by molar-refractivity contribution is -0.167. The number of amides is 1. The Kier molecular flexibility index (Phi) is 6.33. The molecule has 24 heavy (non-hydrogen) atoms. The Hall–Kier alpha value is -1.06. The molecule has 0 aliphatic heterocycles. The van der Waals surface area contributed by atoms with Gasteiger partial charge in [0.05, 0.1) is 5.69 Å². The average Bonchev–Trinajstić information content (AvgIpc) is 2.45. The van der Waals surface area contributed by atoms with Crippen LogP contribution in [0.15, 0.2) is 49.8 Å². The molecule has 0 aliphatic rings. The predicted octanol–water partition coefficient (Wildman–Crippen LogP) is 6.09. The molecule has 0 saturated heterocycles. The predicted molar refractivity (Wildman–Crippen MR) is 98.0 cm³/mol. The first-order chi connectivity index (χ1) is 11.2. The Morgan fingerprint density at radius 3 is 2.25 bits per heavy atom. The number of nitrogens with one attached hydrogen (secondary N) is 2. The van der Waals surface area contributed by atoms with Crippen molar-refractivity contribution in [2.24, 2.45) is 0 Å². The number of benzene rings is 2. The molecule has 0 heterocycles. The molecule has 0 saturated carbocycles. The minimum absolute atomic E-state index is 0.0885. The van der Waals surface area contributed by atoms with Crippen molar-refractivity contribution >= 4 is 65.1 Å². The van der Waals surface area contributed by atoms with Gasteiger partial charge in [0.1, 0.15) is 0 Å². The molecule has 0 atom stereocenters. The first-order valence-electron chi connectivity index (χ1n) is 6.52. The molecule has 2 N–H and O–H groups in total. The molecule has 3 nitrogen and oxygen atoms in total. The minimum atomic E-state index is -4.92. The maximum absolute atomic E-state index is 12.3. The van der Waals surface area contributed by atoms with Crippen LogP contribution in [0.25, 0.3) is 0 Å². The third-order valence-electron chi connectivity index (χ3n) is 2.92. The summed E-state index contributed by atoms with van der Waals surface area (Å²) in [5, 5.41) is 5.02. The van der Waals surface area contributed by atoms with Crippen LogP contribution in [0.3, 0.4) is 0 Å². The lowest BCUT2D eigenvalue weighted by atomic mass is 10.2. The smallest absolute Gasteiger partial charge is 0.379 e. The van der Waals surface area contributed by atoms with Gasteiger partial charge in [0.25, 0.3) is 0 Å². The molecule has 2 aromatic rings. The molecule has 0 unspecified atom stereocenters. The number of hydrogen-bond acceptors (Lipinski definition) is 2. The van der Waals surface area contributed by atoms with Gasteiger partial charge < -0.3 is 10.6 Å². The van der Waals surface area contributed by atoms with Gasteiger partial charge in [-0.05, 0) is 61.7 Å². The van der Waals surface area contributed by atoms with E-state index in [4.69, 9.17) is 0 Å². The molecule has 2 rings (SSSR count). The van der Waals surface area contributed by atoms with Crippen molar-refractivity contribution in [3.05, 3.63) is 55.4 Å². The quantitative estimate of drug-likeness (QED) is 0.502. The van der Waals surface area contributed by atoms with E-state index in [1.165, 1.54) is 12.1 Å². The highest BCUT2D eigenvalue weighted by Gasteiger charge is 2.38. The monoisotopic (exact) mass is 528 g/mol. The van der Waals surface area contributed by atoms with Gasteiger partial charge in [-0.25, -0.2) is 0 Å². The van der Waals surface area contributed by atoms with Crippen LogP contribution in [0, 0.1) is 0 Å². The van der Waals surface area contributed by atoms with Gasteiger partial charge in [0.2, 0.25) is 0 Å². The Bertz CT molecular complexity index is 743. The maximum atomic E-state index is 12.3. The van der Waals surface area contributed by atoms with Gasteiger partial charge in [-0.3, -0.25) is 4.79 Å². The summed E-state index contributed by atoms with van der Waals surface area (Å²) in [5.41, 5.74) is 1.62. The van der Waals surface area contributed by atoms with Crippen LogP contribution < -0.4 is 10.6 Å². The number of halogens is 6. The molecule has 9 heteroatoms. The van der Waals surface area contributed by atoms with E-state index in [1.54, 1.807) is 12.1 Å². The summed E-state index contributed by atoms with van der Waals surface area (Å²) in [6.07, 6.45) is -4.92. The largest absolute Gasteiger partial charge is 0.471 e. The highest BCUT2D eigenvalue weighted by atomic mass is 79.9. The van der Waals surface area contributed by atoms with Crippen LogP contribution in [0.4, 0.5) is 24.5 Å². The summed E-state index contributed by atoms with van der Waals surface area (Å²) in [6.45, 7) is 0.370. The fourth-order valence-corrected chi connectivity index (χ4v) is 4.40. The van der Waals surface area contributed by atoms with Gasteiger partial charge in [-0.15, -0.1) is 0 Å². The van der Waals surface area contributed by atoms with E-state index < -0.39 is 12.1 Å². The molecule has 0 spiro atoms. The van der Waals surface area contributed by atoms with Crippen molar-refractivity contribution in [3.8, 4) is 0 Å². The summed E-state index contributed by atoms with van der Waals surface area (Å²) >= 11 is 10.2. The number of anilines is 2. The van der Waals surface area contributed by atoms with Crippen LogP contribution in [0.5, 0.6) is 0 Å². The van der Waals surface area contributed by atoms with Crippen molar-refractivity contribution in [1.29, 1.82) is 0 Å². The number of rotatable bonds is 4. The van der Waals surface area contributed by atoms with Crippen LogP contribution in [0.1, 0.15) is 5.56 Å². The third kappa shape index (κ3) is 5.22. The van der Waals surface area contributed by atoms with E-state index in [1.807, 2.05) is 17.4 Å². The zero-order valence-electron chi connectivity index (χ0n) is 11.8. The standard InChI is InChI=1S/C15H10Br3F3N2O/c16-9-5-11(17)13(12(18)6-9)22-7-8-2-1-3-10(4-8)23-14(24)15(19,20)21/h1-6,22H,7H2,(H,23,24). The fourth-order valence-electron chi connectivity index (χ4n) is 1.86. The van der Waals surface area contributed by atoms with E-state index in [-0.39, 0.29) is 5.69 Å². The van der Waals surface area contributed by atoms with Crippen LogP contribution in [0.2, 0.25) is 0 Å². The molecule has 0 aromatic heterocycles. The zero-order chi connectivity index (χ0) is 17.9. The van der Waals surface area contributed by atoms with Crippen molar-refractivity contribution in [1.82, 2.24) is 0 Å². The molecule has 128 valence electrons. The van der Waals surface area contributed by atoms with E-state index in [0.29, 0.717) is 6.54 Å². The van der Waals surface area contributed by atoms with E-state index in [2.05, 4.69) is 53.1 Å². The second-order valence-electron chi connectivity index (χ2n) is 4.75. The summed E-state index contributed by atoms with van der Waals surface area (Å²) in [5.74, 6) is -1.99. The SMILES string of the molecule is O=C(Nc1cccc(CNc2c(Br)cc(Br)cc2Br)c1)C(F)(F)F. The molecule has 2 aromatic carbocycles. The second-order valence-corrected chi connectivity index (χ2v) is 7.37. The summed E-state index contributed by atoms with van der Waals surface area (Å²) < 4.78 is 39.4. The normalized spacial score (nSPS) is 11.2. The second kappa shape index (κ2) is 7.88. The first-order valence-corrected chi connectivity index (χ1v) is 8.90. The van der Waals surface area contributed by atoms with E-state index >= 15 is 0 Å². The Morgan fingerprint density at radius 1 is 1.04 bits per heavy atom. The van der Waals surface area contributed by atoms with Gasteiger partial charge in [-0.1, -0.05) is 28.1 Å². The maximum Gasteiger partial charge on any atom is 0.471 e. The van der Waals surface area contributed by atoms with E-state index in [9.17, 15) is 18.0 Å². The van der Waals surface area contributed by atoms with Crippen molar-refractivity contribution < 1.29 is 18.0 Å². The minimum Gasteiger partial charge on any atom is -0.379 e. The molecule has 1 amide bonds. The van der Waals surface area contributed by atoms with Crippen LogP contribution in [-0.2, 0) is 11.3 Å². The van der Waals surface area contributed by atoms with Gasteiger partial charge in [0.15, 0.2) is 0 Å². The summed E-state index contributed by atoms with van der Waals surface area (Å²) in [7, 11) is 0. The lowest BCUT2D eigenvalue weighted by Gasteiger charge is -2.13. The summed E-state index contributed by atoms with van der Waals surface area (Å²) in [6, 6.07) is 9.95. The molecule has 0 aliphatic carbocycles. The topological polar surface area (TPSA) is 41.1 Å². The molecule has 0 fully saturated rings. The molecular formula is C15H10Br3F3N2O. The van der Waals surface area contributed by atoms with Gasteiger partial charge >= 0.3 is 12.1 Å². The van der Waals surface area contributed by atoms with Crippen LogP contribution in [-0.4, -0.2) is 12.1 Å². The zero-order valence-corrected chi connectivity index (χ0v) is 16.6. The van der Waals surface area contributed by atoms with E-state index in [0.717, 1.165) is 24.7 Å². The number of carbonyl (C=O) groups is 1. The van der Waals surface area contributed by atoms with Gasteiger partial charge in [0, 0.05) is 25.7 Å². The first kappa shape index (κ1) is 19.3. The number of alkyl halides is 3. The molecular weight excluding hydrogens is 521 g/mol. The Morgan fingerprint density at radius 2 is 1.67 bits per heavy atom. The highest BCUT2D eigenvalue weighted by molar-refractivity contribution is 9.11. The fraction of sp³-hybridized carbons (Fsp3) is 0.133. The van der Waals surface area contributed by atoms with Crippen molar-refractivity contribution in [2.45, 2.75) is 12.7 Å². The number of hydrogen-bond donors (Lipinski definition) is 2. The highest BCUT2D eigenvalue weighted by Crippen LogP contribution is 2.34. The lowest BCUT2D eigenvalue weighted by Crippen LogP contribution is -2.29.